The van der Waals surface area contributed by atoms with Crippen molar-refractivity contribution in [1.82, 2.24) is 9.71 Å². The Hall–Kier alpha value is -0.760. The van der Waals surface area contributed by atoms with Crippen LogP contribution in [0.15, 0.2) is 24.9 Å². The van der Waals surface area contributed by atoms with Gasteiger partial charge in [-0.2, -0.15) is 13.2 Å². The van der Waals surface area contributed by atoms with Crippen LogP contribution >= 0.6 is 11.6 Å². The van der Waals surface area contributed by atoms with E-state index < -0.39 is 39.0 Å². The molecule has 23 heavy (non-hydrogen) atoms. The minimum absolute atomic E-state index is 0.230. The maximum absolute atomic E-state index is 13.0. The lowest BCUT2D eigenvalue weighted by Crippen LogP contribution is -2.41. The molecule has 8 heteroatoms. The molecule has 0 bridgehead atoms. The SMILES string of the molecule is C=CCCC(N[S+]([O-])C(C)(C)C)c1ccnc(C(F)(F)F)c1Cl. The number of hydrogen-bond acceptors (Lipinski definition) is 3. The van der Waals surface area contributed by atoms with Crippen molar-refractivity contribution in [3.8, 4) is 0 Å². The zero-order valence-electron chi connectivity index (χ0n) is 13.2. The van der Waals surface area contributed by atoms with Gasteiger partial charge in [0, 0.05) is 17.6 Å². The lowest BCUT2D eigenvalue weighted by Gasteiger charge is -2.28. The molecule has 3 nitrogen and oxygen atoms in total. The van der Waals surface area contributed by atoms with Crippen LogP contribution in [0, 0.1) is 0 Å². The Kier molecular flexibility index (Phi) is 6.95. The molecule has 2 unspecified atom stereocenters. The number of pyridine rings is 1. The molecule has 1 aromatic rings. The number of halogens is 4. The Morgan fingerprint density at radius 3 is 2.52 bits per heavy atom. The largest absolute Gasteiger partial charge is 0.598 e. The molecule has 0 spiro atoms. The summed E-state index contributed by atoms with van der Waals surface area (Å²) in [4.78, 5) is 3.32. The van der Waals surface area contributed by atoms with Crippen LogP contribution in [0.25, 0.3) is 0 Å². The van der Waals surface area contributed by atoms with Crippen LogP contribution in [0.4, 0.5) is 13.2 Å². The van der Waals surface area contributed by atoms with Gasteiger partial charge >= 0.3 is 6.18 Å². The molecule has 0 fully saturated rings. The Balaban J connectivity index is 3.20. The van der Waals surface area contributed by atoms with Gasteiger partial charge in [-0.25, -0.2) is 0 Å². The second kappa shape index (κ2) is 7.88. The van der Waals surface area contributed by atoms with Gasteiger partial charge in [0.25, 0.3) is 0 Å². The van der Waals surface area contributed by atoms with Gasteiger partial charge in [0.05, 0.1) is 11.1 Å². The van der Waals surface area contributed by atoms with E-state index in [2.05, 4.69) is 16.3 Å². The van der Waals surface area contributed by atoms with Crippen LogP contribution in [0.1, 0.15) is 50.9 Å². The molecule has 1 heterocycles. The van der Waals surface area contributed by atoms with Crippen LogP contribution < -0.4 is 4.72 Å². The van der Waals surface area contributed by atoms with Crippen molar-refractivity contribution in [3.05, 3.63) is 41.2 Å². The summed E-state index contributed by atoms with van der Waals surface area (Å²) in [5.74, 6) is 0. The van der Waals surface area contributed by atoms with Gasteiger partial charge in [-0.15, -0.1) is 11.3 Å². The van der Waals surface area contributed by atoms with E-state index >= 15 is 0 Å². The smallest absolute Gasteiger partial charge is 0.434 e. The quantitative estimate of drug-likeness (QED) is 0.578. The van der Waals surface area contributed by atoms with E-state index in [1.165, 1.54) is 6.07 Å². The standard InChI is InChI=1S/C15H20ClF3N2OS/c1-5-6-7-11(21-23(22)14(2,3)4)10-8-9-20-13(12(10)16)15(17,18)19/h5,8-9,11,21H,1,6-7H2,2-4H3. The highest BCUT2D eigenvalue weighted by Crippen LogP contribution is 2.37. The van der Waals surface area contributed by atoms with Gasteiger partial charge in [-0.05, 0) is 45.2 Å². The van der Waals surface area contributed by atoms with Crippen molar-refractivity contribution in [2.45, 2.75) is 50.6 Å². The summed E-state index contributed by atoms with van der Waals surface area (Å²) in [5, 5.41) is -0.465. The monoisotopic (exact) mass is 368 g/mol. The van der Waals surface area contributed by atoms with E-state index in [0.717, 1.165) is 6.20 Å². The first-order valence-corrected chi connectivity index (χ1v) is 8.51. The van der Waals surface area contributed by atoms with Gasteiger partial charge in [0.2, 0.25) is 0 Å². The third-order valence-electron chi connectivity index (χ3n) is 3.03. The molecule has 0 aliphatic heterocycles. The molecule has 1 aromatic heterocycles. The summed E-state index contributed by atoms with van der Waals surface area (Å²) in [6, 6.07) is 0.822. The van der Waals surface area contributed by atoms with Crippen molar-refractivity contribution < 1.29 is 17.7 Å². The Labute approximate surface area is 142 Å². The summed E-state index contributed by atoms with van der Waals surface area (Å²) < 4.78 is 53.5. The number of aromatic nitrogens is 1. The number of hydrogen-bond donors (Lipinski definition) is 1. The summed E-state index contributed by atoms with van der Waals surface area (Å²) in [5.41, 5.74) is -0.906. The van der Waals surface area contributed by atoms with E-state index in [-0.39, 0.29) is 5.56 Å². The van der Waals surface area contributed by atoms with Crippen molar-refractivity contribution in [2.24, 2.45) is 0 Å². The average Bonchev–Trinajstić information content (AvgIpc) is 2.41. The molecule has 2 atom stereocenters. The van der Waals surface area contributed by atoms with E-state index in [9.17, 15) is 17.7 Å². The Morgan fingerprint density at radius 1 is 1.43 bits per heavy atom. The molecule has 0 radical (unpaired) electrons. The first kappa shape index (κ1) is 20.3. The molecular formula is C15H20ClF3N2OS. The molecule has 0 aromatic carbocycles. The topological polar surface area (TPSA) is 48.0 Å². The summed E-state index contributed by atoms with van der Waals surface area (Å²) >= 11 is 4.47. The van der Waals surface area contributed by atoms with Crippen LogP contribution in [-0.2, 0) is 17.5 Å². The molecule has 0 saturated carbocycles. The van der Waals surface area contributed by atoms with Crippen molar-refractivity contribution in [2.75, 3.05) is 0 Å². The summed E-state index contributed by atoms with van der Waals surface area (Å²) in [7, 11) is 0. The Morgan fingerprint density at radius 2 is 2.04 bits per heavy atom. The van der Waals surface area contributed by atoms with Gasteiger partial charge in [-0.3, -0.25) is 4.98 Å². The fraction of sp³-hybridized carbons (Fsp3) is 0.533. The number of rotatable bonds is 6. The Bertz CT molecular complexity index is 547. The highest BCUT2D eigenvalue weighted by molar-refractivity contribution is 7.90. The number of nitrogens with zero attached hydrogens (tertiary/aromatic N) is 1. The number of alkyl halides is 3. The minimum Gasteiger partial charge on any atom is -0.598 e. The van der Waals surface area contributed by atoms with Crippen molar-refractivity contribution in [3.63, 3.8) is 0 Å². The molecule has 0 aliphatic rings. The average molecular weight is 369 g/mol. The van der Waals surface area contributed by atoms with Gasteiger partial charge in [-0.1, -0.05) is 17.7 Å². The van der Waals surface area contributed by atoms with Gasteiger partial charge in [0.1, 0.15) is 4.75 Å². The molecular weight excluding hydrogens is 349 g/mol. The first-order chi connectivity index (χ1) is 10.5. The van der Waals surface area contributed by atoms with E-state index in [1.54, 1.807) is 26.8 Å². The zero-order valence-corrected chi connectivity index (χ0v) is 14.8. The zero-order chi connectivity index (χ0) is 17.8. The molecule has 1 N–H and O–H groups in total. The minimum atomic E-state index is -4.64. The highest BCUT2D eigenvalue weighted by atomic mass is 35.5. The summed E-state index contributed by atoms with van der Waals surface area (Å²) in [6.45, 7) is 8.93. The van der Waals surface area contributed by atoms with Gasteiger partial charge in [0.15, 0.2) is 5.69 Å². The van der Waals surface area contributed by atoms with Crippen LogP contribution in [0.2, 0.25) is 5.02 Å². The van der Waals surface area contributed by atoms with E-state index in [4.69, 9.17) is 11.6 Å². The second-order valence-electron chi connectivity index (χ2n) is 5.98. The molecule has 1 rings (SSSR count). The lowest BCUT2D eigenvalue weighted by atomic mass is 10.0. The van der Waals surface area contributed by atoms with Crippen LogP contribution in [0.3, 0.4) is 0 Å². The third-order valence-corrected chi connectivity index (χ3v) is 5.04. The highest BCUT2D eigenvalue weighted by Gasteiger charge is 2.38. The fourth-order valence-electron chi connectivity index (χ4n) is 1.79. The van der Waals surface area contributed by atoms with Crippen LogP contribution in [-0.4, -0.2) is 14.3 Å². The van der Waals surface area contributed by atoms with Gasteiger partial charge < -0.3 is 4.55 Å². The predicted molar refractivity (Wildman–Crippen MR) is 87.5 cm³/mol. The fourth-order valence-corrected chi connectivity index (χ4v) is 3.00. The molecule has 0 amide bonds. The first-order valence-electron chi connectivity index (χ1n) is 6.99. The van der Waals surface area contributed by atoms with Crippen LogP contribution in [0.5, 0.6) is 0 Å². The van der Waals surface area contributed by atoms with E-state index in [1.807, 2.05) is 0 Å². The molecule has 130 valence electrons. The number of nitrogens with one attached hydrogen (secondary N) is 1. The van der Waals surface area contributed by atoms with E-state index in [0.29, 0.717) is 12.8 Å². The maximum Gasteiger partial charge on any atom is 0.434 e. The number of allylic oxidation sites excluding steroid dienone is 1. The molecule has 0 aliphatic carbocycles. The lowest BCUT2D eigenvalue weighted by molar-refractivity contribution is -0.141. The summed E-state index contributed by atoms with van der Waals surface area (Å²) in [6.07, 6.45) is -0.967. The maximum atomic E-state index is 13.0. The predicted octanol–water partition coefficient (Wildman–Crippen LogP) is 4.81. The normalized spacial score (nSPS) is 15.3. The molecule has 0 saturated heterocycles. The van der Waals surface area contributed by atoms with Crippen molar-refractivity contribution in [1.29, 1.82) is 0 Å². The van der Waals surface area contributed by atoms with Crippen molar-refractivity contribution >= 4 is 23.0 Å². The third kappa shape index (κ3) is 5.67. The second-order valence-corrected chi connectivity index (χ2v) is 8.35.